The molecular formula is C22H19NO5S. The van der Waals surface area contributed by atoms with Crippen molar-refractivity contribution in [2.75, 3.05) is 11.8 Å². The zero-order chi connectivity index (χ0) is 20.9. The lowest BCUT2D eigenvalue weighted by Gasteiger charge is -2.09. The highest BCUT2D eigenvalue weighted by molar-refractivity contribution is 7.92. The lowest BCUT2D eigenvalue weighted by Crippen LogP contribution is -2.13. The average molecular weight is 409 g/mol. The SMILES string of the molecule is COc1ccc(S(=O)(=O)Nc2ccc(C(=O)/C=C/c3ccc(O)cc3)cc2)cc1. The van der Waals surface area contributed by atoms with Crippen LogP contribution < -0.4 is 9.46 Å². The number of methoxy groups -OCH3 is 1. The fourth-order valence-electron chi connectivity index (χ4n) is 2.53. The van der Waals surface area contributed by atoms with E-state index in [1.807, 2.05) is 0 Å². The molecule has 0 aliphatic carbocycles. The van der Waals surface area contributed by atoms with Gasteiger partial charge in [-0.15, -0.1) is 0 Å². The molecule has 0 bridgehead atoms. The summed E-state index contributed by atoms with van der Waals surface area (Å²) < 4.78 is 32.4. The highest BCUT2D eigenvalue weighted by Crippen LogP contribution is 2.20. The summed E-state index contributed by atoms with van der Waals surface area (Å²) in [6, 6.07) is 18.7. The van der Waals surface area contributed by atoms with E-state index in [4.69, 9.17) is 4.74 Å². The van der Waals surface area contributed by atoms with Crippen LogP contribution in [0.5, 0.6) is 11.5 Å². The van der Waals surface area contributed by atoms with Crippen molar-refractivity contribution < 1.29 is 23.1 Å². The van der Waals surface area contributed by atoms with Crippen molar-refractivity contribution >= 4 is 27.6 Å². The van der Waals surface area contributed by atoms with E-state index in [9.17, 15) is 18.3 Å². The lowest BCUT2D eigenvalue weighted by molar-refractivity contribution is 0.104. The second-order valence-electron chi connectivity index (χ2n) is 6.15. The third-order valence-electron chi connectivity index (χ3n) is 4.11. The average Bonchev–Trinajstić information content (AvgIpc) is 2.73. The summed E-state index contributed by atoms with van der Waals surface area (Å²) in [6.07, 6.45) is 3.06. The number of phenols is 1. The van der Waals surface area contributed by atoms with Gasteiger partial charge in [0.2, 0.25) is 0 Å². The summed E-state index contributed by atoms with van der Waals surface area (Å²) in [5.74, 6) is 0.496. The van der Waals surface area contributed by atoms with Crippen molar-refractivity contribution in [1.82, 2.24) is 0 Å². The maximum Gasteiger partial charge on any atom is 0.261 e. The van der Waals surface area contributed by atoms with E-state index in [-0.39, 0.29) is 16.4 Å². The van der Waals surface area contributed by atoms with Gasteiger partial charge in [0.1, 0.15) is 11.5 Å². The summed E-state index contributed by atoms with van der Waals surface area (Å²) in [5, 5.41) is 9.27. The molecule has 3 aromatic carbocycles. The Morgan fingerprint density at radius 3 is 2.14 bits per heavy atom. The minimum atomic E-state index is -3.75. The number of rotatable bonds is 7. The monoisotopic (exact) mass is 409 g/mol. The topological polar surface area (TPSA) is 92.7 Å². The number of benzene rings is 3. The molecule has 0 fully saturated rings. The van der Waals surface area contributed by atoms with E-state index >= 15 is 0 Å². The molecule has 0 aromatic heterocycles. The molecule has 148 valence electrons. The number of carbonyl (C=O) groups excluding carboxylic acids is 1. The Hall–Kier alpha value is -3.58. The molecule has 0 saturated heterocycles. The van der Waals surface area contributed by atoms with Gasteiger partial charge in [0, 0.05) is 11.3 Å². The van der Waals surface area contributed by atoms with E-state index in [0.29, 0.717) is 17.0 Å². The van der Waals surface area contributed by atoms with E-state index in [2.05, 4.69) is 4.72 Å². The van der Waals surface area contributed by atoms with Crippen LogP contribution in [0.1, 0.15) is 15.9 Å². The molecule has 0 aliphatic rings. The molecule has 0 atom stereocenters. The molecule has 0 spiro atoms. The highest BCUT2D eigenvalue weighted by Gasteiger charge is 2.14. The molecule has 6 nitrogen and oxygen atoms in total. The van der Waals surface area contributed by atoms with Crippen molar-refractivity contribution in [3.63, 3.8) is 0 Å². The highest BCUT2D eigenvalue weighted by atomic mass is 32.2. The zero-order valence-electron chi connectivity index (χ0n) is 15.6. The van der Waals surface area contributed by atoms with E-state index in [1.165, 1.54) is 49.6 Å². The van der Waals surface area contributed by atoms with Crippen LogP contribution in [0.3, 0.4) is 0 Å². The number of aromatic hydroxyl groups is 1. The maximum absolute atomic E-state index is 12.5. The van der Waals surface area contributed by atoms with Gasteiger partial charge in [0.25, 0.3) is 10.0 Å². The largest absolute Gasteiger partial charge is 0.508 e. The summed E-state index contributed by atoms with van der Waals surface area (Å²) in [6.45, 7) is 0. The molecular weight excluding hydrogens is 390 g/mol. The summed E-state index contributed by atoms with van der Waals surface area (Å²) in [5.41, 5.74) is 1.55. The Labute approximate surface area is 169 Å². The number of allylic oxidation sites excluding steroid dienone is 1. The summed E-state index contributed by atoms with van der Waals surface area (Å²) >= 11 is 0. The van der Waals surface area contributed by atoms with Gasteiger partial charge in [-0.2, -0.15) is 0 Å². The Kier molecular flexibility index (Phi) is 5.99. The van der Waals surface area contributed by atoms with Crippen LogP contribution in [0.25, 0.3) is 6.08 Å². The molecule has 0 amide bonds. The predicted octanol–water partition coefficient (Wildman–Crippen LogP) is 4.10. The van der Waals surface area contributed by atoms with Gasteiger partial charge in [-0.05, 0) is 72.3 Å². The molecule has 29 heavy (non-hydrogen) atoms. The molecule has 2 N–H and O–H groups in total. The van der Waals surface area contributed by atoms with Crippen molar-refractivity contribution in [3.8, 4) is 11.5 Å². The molecule has 0 aliphatic heterocycles. The molecule has 7 heteroatoms. The third kappa shape index (κ3) is 5.24. The molecule has 3 rings (SSSR count). The quantitative estimate of drug-likeness (QED) is 0.453. The van der Waals surface area contributed by atoms with Crippen molar-refractivity contribution in [2.45, 2.75) is 4.90 Å². The second-order valence-corrected chi connectivity index (χ2v) is 7.83. The first-order valence-corrected chi connectivity index (χ1v) is 10.1. The van der Waals surface area contributed by atoms with Crippen LogP contribution in [-0.2, 0) is 10.0 Å². The fourth-order valence-corrected chi connectivity index (χ4v) is 3.58. The van der Waals surface area contributed by atoms with Crippen LogP contribution >= 0.6 is 0 Å². The van der Waals surface area contributed by atoms with Gasteiger partial charge in [-0.1, -0.05) is 18.2 Å². The fraction of sp³-hybridized carbons (Fsp3) is 0.0455. The Balaban J connectivity index is 1.68. The van der Waals surface area contributed by atoms with Gasteiger partial charge < -0.3 is 9.84 Å². The van der Waals surface area contributed by atoms with Crippen molar-refractivity contribution in [2.24, 2.45) is 0 Å². The third-order valence-corrected chi connectivity index (χ3v) is 5.51. The van der Waals surface area contributed by atoms with Gasteiger partial charge in [-0.3, -0.25) is 9.52 Å². The van der Waals surface area contributed by atoms with Crippen molar-refractivity contribution in [1.29, 1.82) is 0 Å². The normalized spacial score (nSPS) is 11.3. The number of nitrogens with one attached hydrogen (secondary N) is 1. The maximum atomic E-state index is 12.5. The number of phenolic OH excluding ortho intramolecular Hbond substituents is 1. The Morgan fingerprint density at radius 2 is 1.55 bits per heavy atom. The number of sulfonamides is 1. The van der Waals surface area contributed by atoms with Crippen LogP contribution in [0.4, 0.5) is 5.69 Å². The van der Waals surface area contributed by atoms with Crippen LogP contribution in [0.2, 0.25) is 0 Å². The number of ketones is 1. The summed E-state index contributed by atoms with van der Waals surface area (Å²) in [4.78, 5) is 12.4. The van der Waals surface area contributed by atoms with Gasteiger partial charge >= 0.3 is 0 Å². The number of carbonyl (C=O) groups is 1. The first-order valence-electron chi connectivity index (χ1n) is 8.66. The van der Waals surface area contributed by atoms with Crippen molar-refractivity contribution in [3.05, 3.63) is 90.0 Å². The van der Waals surface area contributed by atoms with Gasteiger partial charge in [-0.25, -0.2) is 8.42 Å². The van der Waals surface area contributed by atoms with Gasteiger partial charge in [0.05, 0.1) is 12.0 Å². The summed E-state index contributed by atoms with van der Waals surface area (Å²) in [7, 11) is -2.24. The lowest BCUT2D eigenvalue weighted by atomic mass is 10.1. The first-order chi connectivity index (χ1) is 13.9. The number of hydrogen-bond acceptors (Lipinski definition) is 5. The molecule has 0 radical (unpaired) electrons. The predicted molar refractivity (Wildman–Crippen MR) is 112 cm³/mol. The molecule has 0 heterocycles. The first kappa shape index (κ1) is 20.2. The smallest absolute Gasteiger partial charge is 0.261 e. The second kappa shape index (κ2) is 8.62. The number of anilines is 1. The number of ether oxygens (including phenoxy) is 1. The standard InChI is InChI=1S/C22H19NO5S/c1-28-20-11-13-21(14-12-20)29(26,27)23-18-7-5-17(6-8-18)22(25)15-4-16-2-9-19(24)10-3-16/h2-15,23-24H,1H3/b15-4+. The number of hydrogen-bond donors (Lipinski definition) is 2. The Bertz CT molecular complexity index is 1120. The van der Waals surface area contributed by atoms with Crippen LogP contribution in [0, 0.1) is 0 Å². The zero-order valence-corrected chi connectivity index (χ0v) is 16.4. The van der Waals surface area contributed by atoms with E-state index in [1.54, 1.807) is 42.5 Å². The van der Waals surface area contributed by atoms with E-state index < -0.39 is 10.0 Å². The minimum absolute atomic E-state index is 0.107. The van der Waals surface area contributed by atoms with E-state index in [0.717, 1.165) is 5.56 Å². The molecule has 3 aromatic rings. The van der Waals surface area contributed by atoms with Crippen LogP contribution in [-0.4, -0.2) is 26.4 Å². The van der Waals surface area contributed by atoms with Gasteiger partial charge in [0.15, 0.2) is 5.78 Å². The minimum Gasteiger partial charge on any atom is -0.508 e. The van der Waals surface area contributed by atoms with Crippen LogP contribution in [0.15, 0.2) is 83.8 Å². The molecule has 0 saturated carbocycles. The Morgan fingerprint density at radius 1 is 0.931 bits per heavy atom. The molecule has 0 unspecified atom stereocenters.